The molecule has 1 unspecified atom stereocenters. The maximum absolute atomic E-state index is 11.8. The van der Waals surface area contributed by atoms with Crippen molar-refractivity contribution in [1.82, 2.24) is 10.3 Å². The van der Waals surface area contributed by atoms with Gasteiger partial charge in [-0.1, -0.05) is 11.6 Å². The predicted molar refractivity (Wildman–Crippen MR) is 77.7 cm³/mol. The van der Waals surface area contributed by atoms with Gasteiger partial charge in [-0.3, -0.25) is 4.79 Å². The molecule has 6 nitrogen and oxygen atoms in total. The van der Waals surface area contributed by atoms with E-state index in [9.17, 15) is 4.79 Å². The lowest BCUT2D eigenvalue weighted by atomic mass is 10.1. The number of amides is 1. The molecule has 1 aliphatic heterocycles. The summed E-state index contributed by atoms with van der Waals surface area (Å²) in [5, 5.41) is 12.0. The zero-order chi connectivity index (χ0) is 15.2. The molecule has 0 aromatic carbocycles. The zero-order valence-electron chi connectivity index (χ0n) is 11.8. The molecule has 0 spiro atoms. The number of nitrogens with one attached hydrogen (secondary N) is 1. The number of nitrogens with zero attached hydrogens (tertiary/aromatic N) is 1. The number of aliphatic hydroxyl groups excluding tert-OH is 1. The summed E-state index contributed by atoms with van der Waals surface area (Å²) in [6.07, 6.45) is 2.45. The monoisotopic (exact) mass is 314 g/mol. The maximum atomic E-state index is 11.8. The third kappa shape index (κ3) is 4.84. The number of pyridine rings is 1. The smallest absolute Gasteiger partial charge is 0.252 e. The van der Waals surface area contributed by atoms with Crippen molar-refractivity contribution < 1.29 is 19.4 Å². The van der Waals surface area contributed by atoms with Crippen LogP contribution in [0, 0.1) is 0 Å². The highest BCUT2D eigenvalue weighted by atomic mass is 35.5. The summed E-state index contributed by atoms with van der Waals surface area (Å²) in [4.78, 5) is 15.9. The molecule has 2 rings (SSSR count). The number of aliphatic hydroxyl groups is 1. The Bertz CT molecular complexity index is 490. The minimum Gasteiger partial charge on any atom is -0.473 e. The number of hydrogen-bond acceptors (Lipinski definition) is 5. The van der Waals surface area contributed by atoms with Crippen LogP contribution >= 0.6 is 11.6 Å². The van der Waals surface area contributed by atoms with Gasteiger partial charge in [0.25, 0.3) is 5.91 Å². The molecule has 2 heterocycles. The molecule has 0 bridgehead atoms. The minimum atomic E-state index is -0.603. The summed E-state index contributed by atoms with van der Waals surface area (Å²) in [6.45, 7) is 3.11. The van der Waals surface area contributed by atoms with E-state index in [4.69, 9.17) is 26.2 Å². The largest absolute Gasteiger partial charge is 0.473 e. The van der Waals surface area contributed by atoms with Gasteiger partial charge in [0.1, 0.15) is 11.1 Å². The van der Waals surface area contributed by atoms with Gasteiger partial charge in [0.05, 0.1) is 24.9 Å². The number of aromatic nitrogens is 1. The van der Waals surface area contributed by atoms with Gasteiger partial charge in [-0.15, -0.1) is 0 Å². The van der Waals surface area contributed by atoms with Gasteiger partial charge in [-0.05, 0) is 13.0 Å². The topological polar surface area (TPSA) is 80.7 Å². The molecule has 0 radical (unpaired) electrons. The molecule has 21 heavy (non-hydrogen) atoms. The first-order chi connectivity index (χ1) is 10.1. The molecule has 1 atom stereocenters. The number of carbonyl (C=O) groups is 1. The van der Waals surface area contributed by atoms with Crippen molar-refractivity contribution in [1.29, 1.82) is 0 Å². The summed E-state index contributed by atoms with van der Waals surface area (Å²) in [6, 6.07) is 1.51. The van der Waals surface area contributed by atoms with E-state index in [1.165, 1.54) is 12.3 Å². The van der Waals surface area contributed by atoms with E-state index in [-0.39, 0.29) is 18.6 Å². The highest BCUT2D eigenvalue weighted by Gasteiger charge is 2.18. The molecular weight excluding hydrogens is 296 g/mol. The molecule has 1 amide bonds. The molecule has 1 saturated heterocycles. The standard InChI is InChI=1S/C14H19ClN2O4/c1-9(18)7-16-13(19)10-6-12(15)14(17-8-10)21-11-2-4-20-5-3-11/h6,8-9,11,18H,2-5,7H2,1H3,(H,16,19). The molecule has 1 aromatic heterocycles. The molecule has 2 N–H and O–H groups in total. The first-order valence-corrected chi connectivity index (χ1v) is 7.30. The van der Waals surface area contributed by atoms with Crippen LogP contribution in [-0.2, 0) is 4.74 Å². The SMILES string of the molecule is CC(O)CNC(=O)c1cnc(OC2CCOCC2)c(Cl)c1. The maximum Gasteiger partial charge on any atom is 0.252 e. The second-order valence-corrected chi connectivity index (χ2v) is 5.41. The third-order valence-electron chi connectivity index (χ3n) is 3.07. The zero-order valence-corrected chi connectivity index (χ0v) is 12.6. The van der Waals surface area contributed by atoms with E-state index < -0.39 is 6.10 Å². The Morgan fingerprint density at radius 2 is 2.33 bits per heavy atom. The van der Waals surface area contributed by atoms with E-state index in [1.54, 1.807) is 6.92 Å². The summed E-state index contributed by atoms with van der Waals surface area (Å²) in [5.41, 5.74) is 0.333. The van der Waals surface area contributed by atoms with Crippen LogP contribution in [0.4, 0.5) is 0 Å². The second-order valence-electron chi connectivity index (χ2n) is 5.00. The molecule has 1 aliphatic rings. The van der Waals surface area contributed by atoms with Crippen LogP contribution in [0.2, 0.25) is 5.02 Å². The van der Waals surface area contributed by atoms with Crippen molar-refractivity contribution in [3.05, 3.63) is 22.8 Å². The van der Waals surface area contributed by atoms with Crippen molar-refractivity contribution in [2.24, 2.45) is 0 Å². The Morgan fingerprint density at radius 3 is 2.95 bits per heavy atom. The quantitative estimate of drug-likeness (QED) is 0.858. The fraction of sp³-hybridized carbons (Fsp3) is 0.571. The Hall–Kier alpha value is -1.37. The summed E-state index contributed by atoms with van der Waals surface area (Å²) >= 11 is 6.11. The summed E-state index contributed by atoms with van der Waals surface area (Å²) in [7, 11) is 0. The predicted octanol–water partition coefficient (Wildman–Crippen LogP) is 1.40. The third-order valence-corrected chi connectivity index (χ3v) is 3.35. The molecule has 1 aromatic rings. The number of hydrogen-bond donors (Lipinski definition) is 2. The van der Waals surface area contributed by atoms with Gasteiger partial charge in [-0.2, -0.15) is 0 Å². The highest BCUT2D eigenvalue weighted by Crippen LogP contribution is 2.25. The van der Waals surface area contributed by atoms with Crippen molar-refractivity contribution >= 4 is 17.5 Å². The van der Waals surface area contributed by atoms with Gasteiger partial charge in [0, 0.05) is 25.6 Å². The molecule has 0 saturated carbocycles. The van der Waals surface area contributed by atoms with Gasteiger partial charge >= 0.3 is 0 Å². The Balaban J connectivity index is 1.97. The average Bonchev–Trinajstić information content (AvgIpc) is 2.48. The first-order valence-electron chi connectivity index (χ1n) is 6.92. The summed E-state index contributed by atoms with van der Waals surface area (Å²) < 4.78 is 11.0. The van der Waals surface area contributed by atoms with Crippen LogP contribution in [0.1, 0.15) is 30.1 Å². The summed E-state index contributed by atoms with van der Waals surface area (Å²) in [5.74, 6) is -0.00133. The molecule has 7 heteroatoms. The molecule has 1 fully saturated rings. The van der Waals surface area contributed by atoms with E-state index >= 15 is 0 Å². The van der Waals surface area contributed by atoms with Crippen LogP contribution in [0.5, 0.6) is 5.88 Å². The van der Waals surface area contributed by atoms with E-state index in [2.05, 4.69) is 10.3 Å². The van der Waals surface area contributed by atoms with E-state index in [0.717, 1.165) is 12.8 Å². The first kappa shape index (κ1) is 16.0. The number of carbonyl (C=O) groups excluding carboxylic acids is 1. The normalized spacial score (nSPS) is 17.3. The van der Waals surface area contributed by atoms with Gasteiger partial charge in [0.2, 0.25) is 5.88 Å². The van der Waals surface area contributed by atoms with Crippen LogP contribution in [0.3, 0.4) is 0 Å². The van der Waals surface area contributed by atoms with Crippen LogP contribution in [0.15, 0.2) is 12.3 Å². The highest BCUT2D eigenvalue weighted by molar-refractivity contribution is 6.32. The van der Waals surface area contributed by atoms with Crippen LogP contribution < -0.4 is 10.1 Å². The number of halogens is 1. The molecule has 116 valence electrons. The van der Waals surface area contributed by atoms with Gasteiger partial charge < -0.3 is 19.9 Å². The number of rotatable bonds is 5. The Morgan fingerprint density at radius 1 is 1.62 bits per heavy atom. The molecule has 0 aliphatic carbocycles. The van der Waals surface area contributed by atoms with Crippen LogP contribution in [0.25, 0.3) is 0 Å². The van der Waals surface area contributed by atoms with Crippen molar-refractivity contribution in [3.8, 4) is 5.88 Å². The van der Waals surface area contributed by atoms with Gasteiger partial charge in [-0.25, -0.2) is 4.98 Å². The number of ether oxygens (including phenoxy) is 2. The van der Waals surface area contributed by atoms with Crippen molar-refractivity contribution in [2.75, 3.05) is 19.8 Å². The second kappa shape index (κ2) is 7.59. The van der Waals surface area contributed by atoms with Crippen molar-refractivity contribution in [3.63, 3.8) is 0 Å². The lowest BCUT2D eigenvalue weighted by Gasteiger charge is -2.23. The van der Waals surface area contributed by atoms with E-state index in [1.807, 2.05) is 0 Å². The average molecular weight is 315 g/mol. The van der Waals surface area contributed by atoms with E-state index in [0.29, 0.717) is 29.7 Å². The van der Waals surface area contributed by atoms with Gasteiger partial charge in [0.15, 0.2) is 0 Å². The Kier molecular flexibility index (Phi) is 5.78. The lowest BCUT2D eigenvalue weighted by molar-refractivity contribution is 0.0238. The fourth-order valence-corrected chi connectivity index (χ4v) is 2.14. The fourth-order valence-electron chi connectivity index (χ4n) is 1.93. The molecular formula is C14H19ClN2O4. The Labute approximate surface area is 128 Å². The van der Waals surface area contributed by atoms with Crippen LogP contribution in [-0.4, -0.2) is 48.0 Å². The minimum absolute atomic E-state index is 0.0404. The lowest BCUT2D eigenvalue weighted by Crippen LogP contribution is -2.30. The van der Waals surface area contributed by atoms with Crippen molar-refractivity contribution in [2.45, 2.75) is 32.0 Å².